The van der Waals surface area contributed by atoms with Crippen molar-refractivity contribution in [2.45, 2.75) is 12.5 Å². The van der Waals surface area contributed by atoms with Crippen LogP contribution in [0.1, 0.15) is 6.42 Å². The highest BCUT2D eigenvalue weighted by molar-refractivity contribution is 5.93. The van der Waals surface area contributed by atoms with Gasteiger partial charge in [-0.25, -0.2) is 9.97 Å². The summed E-state index contributed by atoms with van der Waals surface area (Å²) in [5.74, 6) is 1.46. The van der Waals surface area contributed by atoms with Crippen LogP contribution in [0.15, 0.2) is 54.9 Å². The number of H-pyrrole nitrogens is 1. The molecule has 7 heteroatoms. The molecule has 1 atom stereocenters. The van der Waals surface area contributed by atoms with Crippen LogP contribution in [0.4, 0.5) is 5.82 Å². The summed E-state index contributed by atoms with van der Waals surface area (Å²) >= 11 is 0. The average Bonchev–Trinajstić information content (AvgIpc) is 3.42. The van der Waals surface area contributed by atoms with E-state index in [0.717, 1.165) is 47.4 Å². The Balaban J connectivity index is 1.67. The zero-order chi connectivity index (χ0) is 18.9. The van der Waals surface area contributed by atoms with E-state index in [1.807, 2.05) is 36.5 Å². The van der Waals surface area contributed by atoms with Crippen molar-refractivity contribution in [3.8, 4) is 28.3 Å². The zero-order valence-electron chi connectivity index (χ0n) is 15.2. The average molecular weight is 372 g/mol. The second-order valence-electron chi connectivity index (χ2n) is 6.97. The van der Waals surface area contributed by atoms with E-state index in [1.165, 1.54) is 0 Å². The van der Waals surface area contributed by atoms with Crippen LogP contribution in [-0.4, -0.2) is 44.4 Å². The molecular weight excluding hydrogens is 352 g/mol. The standard InChI is InChI=1S/C21H20N6O/c28-19-4-2-1-3-17(19)21-26-18-9-13(14-10-23-24-11-14)5-6-16(18)20(27-21)25-15-7-8-22-12-15/h1-6,9-11,15,22,28H,7-8,12H2,(H,23,24)(H,25,26,27). The summed E-state index contributed by atoms with van der Waals surface area (Å²) in [6.07, 6.45) is 4.69. The zero-order valence-corrected chi connectivity index (χ0v) is 15.2. The molecule has 0 radical (unpaired) electrons. The SMILES string of the molecule is Oc1ccccc1-c1nc(NC2CCNC2)c2ccc(-c3cn[nH]c3)cc2n1. The van der Waals surface area contributed by atoms with Crippen molar-refractivity contribution in [2.24, 2.45) is 0 Å². The van der Waals surface area contributed by atoms with Crippen molar-refractivity contribution in [3.05, 3.63) is 54.9 Å². The second kappa shape index (κ2) is 6.94. The van der Waals surface area contributed by atoms with Gasteiger partial charge < -0.3 is 15.7 Å². The number of aromatic amines is 1. The first-order valence-corrected chi connectivity index (χ1v) is 9.34. The van der Waals surface area contributed by atoms with Gasteiger partial charge in [-0.05, 0) is 42.8 Å². The van der Waals surface area contributed by atoms with Gasteiger partial charge >= 0.3 is 0 Å². The summed E-state index contributed by atoms with van der Waals surface area (Å²) in [5, 5.41) is 25.0. The molecular formula is C21H20N6O. The maximum atomic E-state index is 10.3. The molecule has 140 valence electrons. The molecule has 1 saturated heterocycles. The fourth-order valence-corrected chi connectivity index (χ4v) is 3.58. The van der Waals surface area contributed by atoms with E-state index < -0.39 is 0 Å². The van der Waals surface area contributed by atoms with Crippen molar-refractivity contribution in [3.63, 3.8) is 0 Å². The van der Waals surface area contributed by atoms with Crippen molar-refractivity contribution in [2.75, 3.05) is 18.4 Å². The number of rotatable bonds is 4. The molecule has 2 aromatic carbocycles. The van der Waals surface area contributed by atoms with Gasteiger partial charge in [0.25, 0.3) is 0 Å². The van der Waals surface area contributed by atoms with Gasteiger partial charge in [0.1, 0.15) is 11.6 Å². The lowest BCUT2D eigenvalue weighted by atomic mass is 10.1. The third kappa shape index (κ3) is 3.05. The maximum Gasteiger partial charge on any atom is 0.165 e. The first-order valence-electron chi connectivity index (χ1n) is 9.34. The second-order valence-corrected chi connectivity index (χ2v) is 6.97. The number of phenolic OH excluding ortho intramolecular Hbond substituents is 1. The monoisotopic (exact) mass is 372 g/mol. The number of anilines is 1. The van der Waals surface area contributed by atoms with E-state index in [9.17, 15) is 5.11 Å². The minimum atomic E-state index is 0.168. The highest BCUT2D eigenvalue weighted by Crippen LogP contribution is 2.32. The first kappa shape index (κ1) is 16.7. The van der Waals surface area contributed by atoms with Crippen LogP contribution in [0.2, 0.25) is 0 Å². The lowest BCUT2D eigenvalue weighted by Gasteiger charge is -2.16. The normalized spacial score (nSPS) is 16.5. The van der Waals surface area contributed by atoms with Crippen molar-refractivity contribution in [1.29, 1.82) is 0 Å². The summed E-state index contributed by atoms with van der Waals surface area (Å²) in [5.41, 5.74) is 3.46. The van der Waals surface area contributed by atoms with Gasteiger partial charge in [-0.15, -0.1) is 0 Å². The van der Waals surface area contributed by atoms with Gasteiger partial charge in [0.05, 0.1) is 17.3 Å². The number of nitrogens with one attached hydrogen (secondary N) is 3. The van der Waals surface area contributed by atoms with Gasteiger partial charge in [-0.2, -0.15) is 5.10 Å². The molecule has 1 aliphatic rings. The van der Waals surface area contributed by atoms with E-state index in [0.29, 0.717) is 17.4 Å². The van der Waals surface area contributed by atoms with Crippen LogP contribution in [0.25, 0.3) is 33.4 Å². The molecule has 1 aliphatic heterocycles. The molecule has 7 nitrogen and oxygen atoms in total. The number of hydrogen-bond donors (Lipinski definition) is 4. The summed E-state index contributed by atoms with van der Waals surface area (Å²) in [6.45, 7) is 1.90. The summed E-state index contributed by atoms with van der Waals surface area (Å²) in [4.78, 5) is 9.51. The van der Waals surface area contributed by atoms with E-state index in [-0.39, 0.29) is 5.75 Å². The third-order valence-electron chi connectivity index (χ3n) is 5.07. The number of hydrogen-bond acceptors (Lipinski definition) is 6. The number of benzene rings is 2. The highest BCUT2D eigenvalue weighted by Gasteiger charge is 2.18. The van der Waals surface area contributed by atoms with Gasteiger partial charge in [0.15, 0.2) is 5.82 Å². The Labute approximate surface area is 161 Å². The predicted molar refractivity (Wildman–Crippen MR) is 109 cm³/mol. The molecule has 0 amide bonds. The molecule has 4 N–H and O–H groups in total. The molecule has 4 aromatic rings. The Morgan fingerprint density at radius 1 is 1.07 bits per heavy atom. The molecule has 3 heterocycles. The molecule has 0 saturated carbocycles. The van der Waals surface area contributed by atoms with Gasteiger partial charge in [0, 0.05) is 29.7 Å². The van der Waals surface area contributed by atoms with Gasteiger partial charge in [-0.3, -0.25) is 5.10 Å². The van der Waals surface area contributed by atoms with Crippen LogP contribution in [0.3, 0.4) is 0 Å². The molecule has 28 heavy (non-hydrogen) atoms. The molecule has 0 spiro atoms. The van der Waals surface area contributed by atoms with E-state index >= 15 is 0 Å². The molecule has 0 aliphatic carbocycles. The lowest BCUT2D eigenvalue weighted by molar-refractivity contribution is 0.477. The van der Waals surface area contributed by atoms with E-state index in [1.54, 1.807) is 18.3 Å². The smallest absolute Gasteiger partial charge is 0.165 e. The third-order valence-corrected chi connectivity index (χ3v) is 5.07. The molecule has 1 fully saturated rings. The molecule has 1 unspecified atom stereocenters. The van der Waals surface area contributed by atoms with Crippen molar-refractivity contribution < 1.29 is 5.11 Å². The van der Waals surface area contributed by atoms with Crippen molar-refractivity contribution >= 4 is 16.7 Å². The summed E-state index contributed by atoms with van der Waals surface area (Å²) < 4.78 is 0. The maximum absolute atomic E-state index is 10.3. The predicted octanol–water partition coefficient (Wildman–Crippen LogP) is 3.17. The van der Waals surface area contributed by atoms with Gasteiger partial charge in [0.2, 0.25) is 0 Å². The number of fused-ring (bicyclic) bond motifs is 1. The fourth-order valence-electron chi connectivity index (χ4n) is 3.58. The largest absolute Gasteiger partial charge is 0.507 e. The number of para-hydroxylation sites is 1. The van der Waals surface area contributed by atoms with Crippen LogP contribution in [0.5, 0.6) is 5.75 Å². The number of nitrogens with zero attached hydrogens (tertiary/aromatic N) is 3. The van der Waals surface area contributed by atoms with Crippen LogP contribution in [0, 0.1) is 0 Å². The Hall–Kier alpha value is -3.45. The van der Waals surface area contributed by atoms with Crippen LogP contribution >= 0.6 is 0 Å². The van der Waals surface area contributed by atoms with E-state index in [4.69, 9.17) is 9.97 Å². The Bertz CT molecular complexity index is 1120. The fraction of sp³-hybridized carbons (Fsp3) is 0.190. The number of aromatic nitrogens is 4. The highest BCUT2D eigenvalue weighted by atomic mass is 16.3. The summed E-state index contributed by atoms with van der Waals surface area (Å²) in [6, 6.07) is 13.6. The molecule has 0 bridgehead atoms. The quantitative estimate of drug-likeness (QED) is 0.439. The molecule has 2 aromatic heterocycles. The number of aromatic hydroxyl groups is 1. The Morgan fingerprint density at radius 3 is 2.79 bits per heavy atom. The van der Waals surface area contributed by atoms with Crippen LogP contribution in [-0.2, 0) is 0 Å². The number of phenols is 1. The van der Waals surface area contributed by atoms with E-state index in [2.05, 4.69) is 20.8 Å². The summed E-state index contributed by atoms with van der Waals surface area (Å²) in [7, 11) is 0. The minimum Gasteiger partial charge on any atom is -0.507 e. The first-order chi connectivity index (χ1) is 13.8. The Kier molecular flexibility index (Phi) is 4.14. The van der Waals surface area contributed by atoms with Crippen LogP contribution < -0.4 is 10.6 Å². The topological polar surface area (TPSA) is 98.8 Å². The minimum absolute atomic E-state index is 0.168. The Morgan fingerprint density at radius 2 is 2.00 bits per heavy atom. The van der Waals surface area contributed by atoms with Gasteiger partial charge in [-0.1, -0.05) is 18.2 Å². The lowest BCUT2D eigenvalue weighted by Crippen LogP contribution is -2.23. The molecule has 5 rings (SSSR count). The van der Waals surface area contributed by atoms with Crippen molar-refractivity contribution in [1.82, 2.24) is 25.5 Å².